The second kappa shape index (κ2) is 6.84. The number of nitrogens with zero attached hydrogens (tertiary/aromatic N) is 1. The van der Waals surface area contributed by atoms with Crippen molar-refractivity contribution in [1.29, 1.82) is 0 Å². The summed E-state index contributed by atoms with van der Waals surface area (Å²) in [5.41, 5.74) is 3.13. The van der Waals surface area contributed by atoms with Gasteiger partial charge in [0.25, 0.3) is 5.91 Å². The number of rotatable bonds is 4. The van der Waals surface area contributed by atoms with Gasteiger partial charge in [-0.25, -0.2) is 9.37 Å². The van der Waals surface area contributed by atoms with E-state index in [9.17, 15) is 9.18 Å². The fourth-order valence-electron chi connectivity index (χ4n) is 3.32. The van der Waals surface area contributed by atoms with Crippen molar-refractivity contribution >= 4 is 23.2 Å². The van der Waals surface area contributed by atoms with E-state index >= 15 is 0 Å². The average Bonchev–Trinajstić information content (AvgIpc) is 3.24. The van der Waals surface area contributed by atoms with Crippen molar-refractivity contribution in [2.24, 2.45) is 0 Å². The third kappa shape index (κ3) is 2.90. The summed E-state index contributed by atoms with van der Waals surface area (Å²) in [6, 6.07) is 8.02. The molecular weight excluding hydrogens is 361 g/mol. The van der Waals surface area contributed by atoms with E-state index in [0.29, 0.717) is 45.3 Å². The number of aromatic nitrogens is 2. The molecule has 1 aromatic heterocycles. The maximum absolute atomic E-state index is 14.9. The molecule has 0 unspecified atom stereocenters. The van der Waals surface area contributed by atoms with Crippen LogP contribution in [0.2, 0.25) is 0 Å². The monoisotopic (exact) mass is 379 g/mol. The predicted octanol–water partition coefficient (Wildman–Crippen LogP) is 4.03. The number of imidazole rings is 1. The van der Waals surface area contributed by atoms with E-state index in [4.69, 9.17) is 9.47 Å². The van der Waals surface area contributed by atoms with E-state index in [-0.39, 0.29) is 5.91 Å². The second-order valence-corrected chi connectivity index (χ2v) is 6.38. The summed E-state index contributed by atoms with van der Waals surface area (Å²) in [5.74, 6) is 0.787. The molecule has 7 heteroatoms. The first-order chi connectivity index (χ1) is 13.5. The first kappa shape index (κ1) is 17.8. The minimum atomic E-state index is -0.441. The van der Waals surface area contributed by atoms with Gasteiger partial charge in [0.1, 0.15) is 11.6 Å². The zero-order valence-corrected chi connectivity index (χ0v) is 15.6. The van der Waals surface area contributed by atoms with Gasteiger partial charge in [-0.15, -0.1) is 0 Å². The number of benzene rings is 2. The number of halogens is 1. The standard InChI is InChI=1S/C21H18FN3O3/c1-11-10-23-18(24-11)9-13-20-15(25-21(13)26)6-5-14(22)19(20)12-4-7-16(27-2)17(8-12)28-3/h4-10H,1-3H3,(H,23,24)(H,25,26). The number of hydrogen-bond donors (Lipinski definition) is 2. The second-order valence-electron chi connectivity index (χ2n) is 6.38. The van der Waals surface area contributed by atoms with E-state index in [1.807, 2.05) is 6.92 Å². The number of methoxy groups -OCH3 is 2. The van der Waals surface area contributed by atoms with Gasteiger partial charge in [-0.2, -0.15) is 0 Å². The van der Waals surface area contributed by atoms with Crippen LogP contribution in [0.3, 0.4) is 0 Å². The third-order valence-electron chi connectivity index (χ3n) is 4.59. The molecular formula is C21H18FN3O3. The summed E-state index contributed by atoms with van der Waals surface area (Å²) in [6.07, 6.45) is 3.29. The van der Waals surface area contributed by atoms with E-state index < -0.39 is 5.82 Å². The lowest BCUT2D eigenvalue weighted by Crippen LogP contribution is -2.03. The van der Waals surface area contributed by atoms with Crippen LogP contribution >= 0.6 is 0 Å². The van der Waals surface area contributed by atoms with Gasteiger partial charge in [0.05, 0.1) is 19.8 Å². The SMILES string of the molecule is COc1ccc(-c2c(F)ccc3c2C(=Cc2ncc(C)[nH]2)C(=O)N3)cc1OC. The Morgan fingerprint density at radius 3 is 2.54 bits per heavy atom. The number of hydrogen-bond acceptors (Lipinski definition) is 4. The minimum absolute atomic E-state index is 0.309. The Bertz CT molecular complexity index is 1120. The van der Waals surface area contributed by atoms with Gasteiger partial charge in [-0.1, -0.05) is 6.07 Å². The Hall–Kier alpha value is -3.61. The molecule has 0 radical (unpaired) electrons. The maximum Gasteiger partial charge on any atom is 0.256 e. The third-order valence-corrected chi connectivity index (χ3v) is 4.59. The van der Waals surface area contributed by atoms with Crippen LogP contribution in [0, 0.1) is 12.7 Å². The number of nitrogens with one attached hydrogen (secondary N) is 2. The van der Waals surface area contributed by atoms with Crippen molar-refractivity contribution in [3.63, 3.8) is 0 Å². The summed E-state index contributed by atoms with van der Waals surface area (Å²) in [6.45, 7) is 1.87. The highest BCUT2D eigenvalue weighted by Crippen LogP contribution is 2.43. The quantitative estimate of drug-likeness (QED) is 0.671. The first-order valence-corrected chi connectivity index (χ1v) is 8.61. The van der Waals surface area contributed by atoms with Crippen LogP contribution < -0.4 is 14.8 Å². The predicted molar refractivity (Wildman–Crippen MR) is 105 cm³/mol. The van der Waals surface area contributed by atoms with Crippen molar-refractivity contribution < 1.29 is 18.7 Å². The Balaban J connectivity index is 1.93. The first-order valence-electron chi connectivity index (χ1n) is 8.61. The number of carbonyl (C=O) groups is 1. The van der Waals surface area contributed by atoms with Gasteiger partial charge in [0.2, 0.25) is 0 Å². The lowest BCUT2D eigenvalue weighted by molar-refractivity contribution is -0.110. The Morgan fingerprint density at radius 1 is 1.07 bits per heavy atom. The summed E-state index contributed by atoms with van der Waals surface area (Å²) in [4.78, 5) is 19.9. The van der Waals surface area contributed by atoms with Crippen LogP contribution in [-0.4, -0.2) is 30.1 Å². The van der Waals surface area contributed by atoms with Crippen molar-refractivity contribution in [2.75, 3.05) is 19.5 Å². The fourth-order valence-corrected chi connectivity index (χ4v) is 3.32. The maximum atomic E-state index is 14.9. The molecule has 0 bridgehead atoms. The van der Waals surface area contributed by atoms with Gasteiger partial charge in [-0.3, -0.25) is 4.79 Å². The number of fused-ring (bicyclic) bond motifs is 1. The summed E-state index contributed by atoms with van der Waals surface area (Å²) in [7, 11) is 3.05. The van der Waals surface area contributed by atoms with Gasteiger partial charge < -0.3 is 19.8 Å². The van der Waals surface area contributed by atoms with E-state index in [1.54, 1.807) is 36.5 Å². The molecule has 2 aromatic carbocycles. The zero-order chi connectivity index (χ0) is 19.8. The number of aryl methyl sites for hydroxylation is 1. The molecule has 3 aromatic rings. The van der Waals surface area contributed by atoms with Gasteiger partial charge in [-0.05, 0) is 42.8 Å². The summed E-state index contributed by atoms with van der Waals surface area (Å²) in [5, 5.41) is 2.79. The number of H-pyrrole nitrogens is 1. The molecule has 0 aliphatic carbocycles. The van der Waals surface area contributed by atoms with Crippen LogP contribution in [0.15, 0.2) is 36.5 Å². The molecule has 1 aliphatic rings. The Labute approximate surface area is 161 Å². The molecule has 142 valence electrons. The molecule has 1 amide bonds. The molecule has 6 nitrogen and oxygen atoms in total. The summed E-state index contributed by atoms with van der Waals surface area (Å²) >= 11 is 0. The normalized spacial score (nSPS) is 14.1. The molecule has 0 spiro atoms. The molecule has 2 N–H and O–H groups in total. The zero-order valence-electron chi connectivity index (χ0n) is 15.6. The highest BCUT2D eigenvalue weighted by Gasteiger charge is 2.30. The lowest BCUT2D eigenvalue weighted by Gasteiger charge is -2.13. The molecule has 0 atom stereocenters. The molecule has 2 heterocycles. The van der Waals surface area contributed by atoms with Crippen molar-refractivity contribution in [3.05, 3.63) is 59.4 Å². The van der Waals surface area contributed by atoms with Crippen LogP contribution in [0.4, 0.5) is 10.1 Å². The van der Waals surface area contributed by atoms with Crippen molar-refractivity contribution in [1.82, 2.24) is 9.97 Å². The van der Waals surface area contributed by atoms with Crippen LogP contribution in [0.25, 0.3) is 22.8 Å². The minimum Gasteiger partial charge on any atom is -0.493 e. The highest BCUT2D eigenvalue weighted by atomic mass is 19.1. The molecule has 4 rings (SSSR count). The van der Waals surface area contributed by atoms with E-state index in [0.717, 1.165) is 5.69 Å². The smallest absolute Gasteiger partial charge is 0.256 e. The topological polar surface area (TPSA) is 76.2 Å². The molecule has 1 aliphatic heterocycles. The van der Waals surface area contributed by atoms with Crippen LogP contribution in [0.5, 0.6) is 11.5 Å². The number of ether oxygens (including phenoxy) is 2. The Kier molecular flexibility index (Phi) is 4.35. The van der Waals surface area contributed by atoms with Gasteiger partial charge >= 0.3 is 0 Å². The van der Waals surface area contributed by atoms with Crippen molar-refractivity contribution in [2.45, 2.75) is 6.92 Å². The summed E-state index contributed by atoms with van der Waals surface area (Å²) < 4.78 is 25.5. The van der Waals surface area contributed by atoms with Gasteiger partial charge in [0.15, 0.2) is 11.5 Å². The largest absolute Gasteiger partial charge is 0.493 e. The van der Waals surface area contributed by atoms with E-state index in [1.165, 1.54) is 20.3 Å². The number of aromatic amines is 1. The highest BCUT2D eigenvalue weighted by molar-refractivity contribution is 6.36. The van der Waals surface area contributed by atoms with Crippen molar-refractivity contribution in [3.8, 4) is 22.6 Å². The Morgan fingerprint density at radius 2 is 1.86 bits per heavy atom. The molecule has 0 fully saturated rings. The average molecular weight is 379 g/mol. The molecule has 0 saturated carbocycles. The van der Waals surface area contributed by atoms with Crippen LogP contribution in [0.1, 0.15) is 17.1 Å². The number of amides is 1. The molecule has 0 saturated heterocycles. The van der Waals surface area contributed by atoms with E-state index in [2.05, 4.69) is 15.3 Å². The van der Waals surface area contributed by atoms with Crippen LogP contribution in [-0.2, 0) is 4.79 Å². The lowest BCUT2D eigenvalue weighted by atomic mass is 9.93. The molecule has 28 heavy (non-hydrogen) atoms. The number of carbonyl (C=O) groups excluding carboxylic acids is 1. The number of anilines is 1. The fraction of sp³-hybridized carbons (Fsp3) is 0.143. The van der Waals surface area contributed by atoms with Gasteiger partial charge in [0, 0.05) is 28.7 Å².